The molecule has 3 aliphatic carbocycles. The minimum Gasteiger partial charge on any atom is -0.256 e. The van der Waals surface area contributed by atoms with E-state index in [-0.39, 0.29) is 16.4 Å². The monoisotopic (exact) mass is 837 g/mol. The number of nitrogens with zero attached hydrogens (tertiary/aromatic N) is 3. The van der Waals surface area contributed by atoms with Gasteiger partial charge in [-0.05, 0) is 148 Å². The third kappa shape index (κ3) is 8.87. The molecule has 3 heteroatoms. The lowest BCUT2D eigenvalue weighted by molar-refractivity contribution is 0.359. The third-order valence-electron chi connectivity index (χ3n) is 13.9. The maximum absolute atomic E-state index is 10.0. The quantitative estimate of drug-likeness (QED) is 0.116. The minimum absolute atomic E-state index is 0.241. The summed E-state index contributed by atoms with van der Waals surface area (Å²) < 4.78 is 40.1. The Morgan fingerprint density at radius 1 is 0.438 bits per heavy atom. The zero-order valence-corrected chi connectivity index (χ0v) is 37.5. The predicted molar refractivity (Wildman–Crippen MR) is 266 cm³/mol. The van der Waals surface area contributed by atoms with Crippen LogP contribution in [0.1, 0.15) is 115 Å². The molecule has 0 unspecified atom stereocenters. The van der Waals surface area contributed by atoms with Crippen LogP contribution in [0.3, 0.4) is 0 Å². The first kappa shape index (κ1) is 37.0. The molecule has 0 saturated heterocycles. The van der Waals surface area contributed by atoms with Crippen molar-refractivity contribution >= 4 is 0 Å². The SMILES string of the molecule is [2H]C([2H])(c1cc(CC(C)(C)c2ccc(-c3ccccc3)nc2)cc(CC(C)(C)c2ccc(-c3ccccc3)nc2)c1)C([2H])([2H])c1cnc(-c2ccccc2)cc1-c1ccc2c(c1)C1CCC2CC1. The number of pyridine rings is 3. The number of aromatic nitrogens is 3. The molecule has 3 aromatic heterocycles. The van der Waals surface area contributed by atoms with Gasteiger partial charge in [0, 0.05) is 40.8 Å². The van der Waals surface area contributed by atoms with Gasteiger partial charge in [0.05, 0.1) is 17.1 Å². The second-order valence-corrected chi connectivity index (χ2v) is 19.4. The van der Waals surface area contributed by atoms with Gasteiger partial charge in [0.1, 0.15) is 0 Å². The van der Waals surface area contributed by atoms with Crippen LogP contribution in [0.15, 0.2) is 176 Å². The Hall–Kier alpha value is -6.45. The molecule has 318 valence electrons. The average Bonchev–Trinajstić information content (AvgIpc) is 3.37. The van der Waals surface area contributed by atoms with Gasteiger partial charge in [-0.1, -0.05) is 167 Å². The lowest BCUT2D eigenvalue weighted by atomic mass is 9.66. The molecule has 1 fully saturated rings. The number of hydrogen-bond donors (Lipinski definition) is 0. The molecule has 8 aromatic rings. The first-order valence-electron chi connectivity index (χ1n) is 25.0. The van der Waals surface area contributed by atoms with Crippen LogP contribution in [0.5, 0.6) is 0 Å². The van der Waals surface area contributed by atoms with E-state index in [4.69, 9.17) is 15.0 Å². The molecule has 5 aromatic carbocycles. The van der Waals surface area contributed by atoms with E-state index in [0.29, 0.717) is 35.8 Å². The van der Waals surface area contributed by atoms with Gasteiger partial charge in [0.2, 0.25) is 0 Å². The Morgan fingerprint density at radius 3 is 1.41 bits per heavy atom. The normalized spacial score (nSPS) is 17.2. The molecule has 3 heterocycles. The fourth-order valence-corrected chi connectivity index (χ4v) is 10.3. The summed E-state index contributed by atoms with van der Waals surface area (Å²) in [5, 5.41) is 0. The van der Waals surface area contributed by atoms with Crippen molar-refractivity contribution in [3.8, 4) is 44.9 Å². The van der Waals surface area contributed by atoms with Gasteiger partial charge < -0.3 is 0 Å². The Bertz CT molecular complexity index is 2930. The van der Waals surface area contributed by atoms with E-state index >= 15 is 0 Å². The van der Waals surface area contributed by atoms with E-state index < -0.39 is 12.7 Å². The van der Waals surface area contributed by atoms with Gasteiger partial charge in [0.25, 0.3) is 0 Å². The summed E-state index contributed by atoms with van der Waals surface area (Å²) in [7, 11) is 0. The van der Waals surface area contributed by atoms with Crippen molar-refractivity contribution in [1.29, 1.82) is 0 Å². The van der Waals surface area contributed by atoms with E-state index in [2.05, 4.69) is 100 Å². The van der Waals surface area contributed by atoms with Crippen LogP contribution in [-0.2, 0) is 36.4 Å². The second-order valence-electron chi connectivity index (χ2n) is 19.4. The number of rotatable bonds is 13. The van der Waals surface area contributed by atoms with Gasteiger partial charge in [-0.3, -0.25) is 15.0 Å². The highest BCUT2D eigenvalue weighted by atomic mass is 14.7. The summed E-state index contributed by atoms with van der Waals surface area (Å²) in [6, 6.07) is 53.4. The summed E-state index contributed by atoms with van der Waals surface area (Å²) in [5.41, 5.74) is 13.8. The first-order chi connectivity index (χ1) is 32.7. The Morgan fingerprint density at radius 2 is 0.906 bits per heavy atom. The molecule has 0 atom stereocenters. The van der Waals surface area contributed by atoms with Gasteiger partial charge in [-0.15, -0.1) is 0 Å². The lowest BCUT2D eigenvalue weighted by Crippen LogP contribution is -2.23. The fraction of sp³-hybridized carbons (Fsp3) is 0.262. The van der Waals surface area contributed by atoms with Crippen LogP contribution in [0.2, 0.25) is 0 Å². The molecule has 0 N–H and O–H groups in total. The Kier molecular flexibility index (Phi) is 10.2. The van der Waals surface area contributed by atoms with Crippen LogP contribution < -0.4 is 0 Å². The molecule has 3 aliphatic rings. The van der Waals surface area contributed by atoms with Crippen molar-refractivity contribution in [2.24, 2.45) is 0 Å². The highest BCUT2D eigenvalue weighted by Gasteiger charge is 2.33. The first-order valence-corrected chi connectivity index (χ1v) is 23.0. The molecular formula is C61H59N3. The van der Waals surface area contributed by atoms with Crippen molar-refractivity contribution in [3.63, 3.8) is 0 Å². The number of aryl methyl sites for hydroxylation is 2. The molecule has 0 amide bonds. The molecule has 0 spiro atoms. The van der Waals surface area contributed by atoms with Crippen LogP contribution in [0.25, 0.3) is 44.9 Å². The minimum atomic E-state index is -2.49. The molecule has 0 aliphatic heterocycles. The highest BCUT2D eigenvalue weighted by molar-refractivity contribution is 5.74. The maximum Gasteiger partial charge on any atom is 0.0708 e. The number of benzene rings is 5. The Labute approximate surface area is 386 Å². The molecule has 3 nitrogen and oxygen atoms in total. The summed E-state index contributed by atoms with van der Waals surface area (Å²) in [6.07, 6.45) is 6.53. The molecule has 11 rings (SSSR count). The summed E-state index contributed by atoms with van der Waals surface area (Å²) in [4.78, 5) is 14.6. The van der Waals surface area contributed by atoms with Crippen molar-refractivity contribution in [3.05, 3.63) is 221 Å². The van der Waals surface area contributed by atoms with E-state index in [9.17, 15) is 5.48 Å². The second kappa shape index (κ2) is 17.6. The molecule has 0 radical (unpaired) electrons. The highest BCUT2D eigenvalue weighted by Crippen LogP contribution is 2.50. The smallest absolute Gasteiger partial charge is 0.0708 e. The zero-order valence-electron chi connectivity index (χ0n) is 41.5. The van der Waals surface area contributed by atoms with Crippen molar-refractivity contribution in [2.75, 3.05) is 0 Å². The van der Waals surface area contributed by atoms with Crippen LogP contribution in [0.4, 0.5) is 0 Å². The van der Waals surface area contributed by atoms with E-state index in [0.717, 1.165) is 61.6 Å². The molecule has 2 bridgehead atoms. The van der Waals surface area contributed by atoms with E-state index in [1.54, 1.807) is 6.20 Å². The molecule has 1 saturated carbocycles. The topological polar surface area (TPSA) is 38.7 Å². The summed E-state index contributed by atoms with van der Waals surface area (Å²) in [6.45, 7) is 8.81. The zero-order chi connectivity index (χ0) is 47.3. The Balaban J connectivity index is 1.05. The van der Waals surface area contributed by atoms with Crippen molar-refractivity contribution in [1.82, 2.24) is 15.0 Å². The maximum atomic E-state index is 10.0. The van der Waals surface area contributed by atoms with Crippen molar-refractivity contribution < 1.29 is 5.48 Å². The van der Waals surface area contributed by atoms with Gasteiger partial charge in [0.15, 0.2) is 0 Å². The van der Waals surface area contributed by atoms with Gasteiger partial charge >= 0.3 is 0 Å². The lowest BCUT2D eigenvalue weighted by Gasteiger charge is -2.38. The summed E-state index contributed by atoms with van der Waals surface area (Å²) in [5.74, 6) is 1.08. The number of hydrogen-bond acceptors (Lipinski definition) is 3. The van der Waals surface area contributed by atoms with Gasteiger partial charge in [-0.25, -0.2) is 0 Å². The van der Waals surface area contributed by atoms with E-state index in [1.807, 2.05) is 97.3 Å². The van der Waals surface area contributed by atoms with Crippen molar-refractivity contribution in [2.45, 2.75) is 102 Å². The number of fused-ring (bicyclic) bond motifs is 2. The van der Waals surface area contributed by atoms with Crippen LogP contribution in [-0.4, -0.2) is 15.0 Å². The predicted octanol–water partition coefficient (Wildman–Crippen LogP) is 15.1. The van der Waals surface area contributed by atoms with E-state index in [1.165, 1.54) is 36.8 Å². The van der Waals surface area contributed by atoms with Crippen LogP contribution >= 0.6 is 0 Å². The van der Waals surface area contributed by atoms with Gasteiger partial charge in [-0.2, -0.15) is 0 Å². The molecular weight excluding hydrogens is 775 g/mol. The molecule has 64 heavy (non-hydrogen) atoms. The fourth-order valence-electron chi connectivity index (χ4n) is 10.3. The standard InChI is InChI=1S/C61H59N3/c1-60(2,52-27-30-57(63-40-52)47-14-8-5-9-15-47)37-43-32-42(33-44(34-43)38-61(3,4)53-28-31-58(64-41-53)48-16-10-6-11-17-48)20-21-51-39-62-59(49-18-12-7-13-19-49)36-55(51)50-26-29-54-45-22-24-46(25-23-45)56(54)35-50/h5-19,26-36,39-41,45-46H,20-25,37-38H2,1-4H3/i20D2,21D2. The largest absolute Gasteiger partial charge is 0.256 e. The van der Waals surface area contributed by atoms with Crippen LogP contribution in [0, 0.1) is 0 Å². The summed E-state index contributed by atoms with van der Waals surface area (Å²) >= 11 is 0. The average molecular weight is 838 g/mol. The third-order valence-corrected chi connectivity index (χ3v) is 13.9.